The quantitative estimate of drug-likeness (QED) is 0.859. The molecule has 0 bridgehead atoms. The van der Waals surface area contributed by atoms with Crippen LogP contribution in [0.5, 0.6) is 5.75 Å². The monoisotopic (exact) mass is 248 g/mol. The van der Waals surface area contributed by atoms with E-state index in [1.165, 1.54) is 18.4 Å². The average molecular weight is 248 g/mol. The SMILES string of the molecule is CCCC1NCC(c2ccc(OC)cc2)CC1N. The summed E-state index contributed by atoms with van der Waals surface area (Å²) in [6.07, 6.45) is 3.44. The molecule has 3 unspecified atom stereocenters. The van der Waals surface area contributed by atoms with Crippen LogP contribution in [0, 0.1) is 0 Å². The van der Waals surface area contributed by atoms with Crippen molar-refractivity contribution in [1.82, 2.24) is 5.32 Å². The number of benzene rings is 1. The van der Waals surface area contributed by atoms with Gasteiger partial charge in [-0.05, 0) is 36.5 Å². The number of nitrogens with one attached hydrogen (secondary N) is 1. The molecule has 3 N–H and O–H groups in total. The maximum absolute atomic E-state index is 6.26. The van der Waals surface area contributed by atoms with E-state index >= 15 is 0 Å². The molecule has 1 aliphatic rings. The van der Waals surface area contributed by atoms with E-state index in [-0.39, 0.29) is 6.04 Å². The fourth-order valence-corrected chi connectivity index (χ4v) is 2.78. The van der Waals surface area contributed by atoms with E-state index in [9.17, 15) is 0 Å². The van der Waals surface area contributed by atoms with Crippen LogP contribution >= 0.6 is 0 Å². The molecule has 0 radical (unpaired) electrons. The van der Waals surface area contributed by atoms with Gasteiger partial charge in [0, 0.05) is 18.6 Å². The number of ether oxygens (including phenoxy) is 1. The van der Waals surface area contributed by atoms with Crippen LogP contribution in [0.1, 0.15) is 37.7 Å². The smallest absolute Gasteiger partial charge is 0.118 e. The first kappa shape index (κ1) is 13.4. The van der Waals surface area contributed by atoms with Gasteiger partial charge in [-0.15, -0.1) is 0 Å². The van der Waals surface area contributed by atoms with Crippen LogP contribution < -0.4 is 15.8 Å². The largest absolute Gasteiger partial charge is 0.497 e. The number of hydrogen-bond donors (Lipinski definition) is 2. The van der Waals surface area contributed by atoms with Gasteiger partial charge in [-0.1, -0.05) is 25.5 Å². The van der Waals surface area contributed by atoms with E-state index in [4.69, 9.17) is 10.5 Å². The summed E-state index contributed by atoms with van der Waals surface area (Å²) in [5.74, 6) is 1.44. The van der Waals surface area contributed by atoms with E-state index in [2.05, 4.69) is 24.4 Å². The third-order valence-corrected chi connectivity index (χ3v) is 3.89. The molecule has 0 spiro atoms. The zero-order valence-corrected chi connectivity index (χ0v) is 11.4. The van der Waals surface area contributed by atoms with E-state index in [1.807, 2.05) is 12.1 Å². The van der Waals surface area contributed by atoms with Crippen molar-refractivity contribution in [3.8, 4) is 5.75 Å². The van der Waals surface area contributed by atoms with Crippen molar-refractivity contribution in [2.24, 2.45) is 5.73 Å². The lowest BCUT2D eigenvalue weighted by atomic mass is 9.84. The molecule has 1 heterocycles. The number of piperidine rings is 1. The number of hydrogen-bond acceptors (Lipinski definition) is 3. The lowest BCUT2D eigenvalue weighted by Gasteiger charge is -2.35. The standard InChI is InChI=1S/C15H24N2O/c1-3-4-15-14(16)9-12(10-17-15)11-5-7-13(18-2)8-6-11/h5-8,12,14-15,17H,3-4,9-10,16H2,1-2H3. The van der Waals surface area contributed by atoms with Crippen LogP contribution in [0.3, 0.4) is 0 Å². The third kappa shape index (κ3) is 3.03. The van der Waals surface area contributed by atoms with Crippen molar-refractivity contribution in [2.45, 2.75) is 44.2 Å². The summed E-state index contributed by atoms with van der Waals surface area (Å²) >= 11 is 0. The summed E-state index contributed by atoms with van der Waals surface area (Å²) in [6, 6.07) is 9.11. The first-order valence-electron chi connectivity index (χ1n) is 6.87. The molecule has 0 saturated carbocycles. The van der Waals surface area contributed by atoms with Crippen LogP contribution in [-0.2, 0) is 0 Å². The summed E-state index contributed by atoms with van der Waals surface area (Å²) in [7, 11) is 1.70. The zero-order chi connectivity index (χ0) is 13.0. The molecule has 3 heteroatoms. The molecule has 0 aromatic heterocycles. The second-order valence-corrected chi connectivity index (χ2v) is 5.17. The van der Waals surface area contributed by atoms with Gasteiger partial charge in [-0.3, -0.25) is 0 Å². The molecule has 1 saturated heterocycles. The van der Waals surface area contributed by atoms with Crippen molar-refractivity contribution in [3.05, 3.63) is 29.8 Å². The predicted octanol–water partition coefficient (Wildman–Crippen LogP) is 2.27. The molecule has 1 aromatic carbocycles. The maximum atomic E-state index is 6.26. The first-order chi connectivity index (χ1) is 8.74. The minimum Gasteiger partial charge on any atom is -0.497 e. The highest BCUT2D eigenvalue weighted by atomic mass is 16.5. The van der Waals surface area contributed by atoms with Crippen molar-refractivity contribution < 1.29 is 4.74 Å². The molecule has 100 valence electrons. The van der Waals surface area contributed by atoms with Crippen molar-refractivity contribution in [3.63, 3.8) is 0 Å². The summed E-state index contributed by atoms with van der Waals surface area (Å²) in [4.78, 5) is 0. The van der Waals surface area contributed by atoms with Crippen molar-refractivity contribution in [2.75, 3.05) is 13.7 Å². The van der Waals surface area contributed by atoms with Gasteiger partial charge < -0.3 is 15.8 Å². The molecule has 1 aliphatic heterocycles. The second-order valence-electron chi connectivity index (χ2n) is 5.17. The molecule has 3 atom stereocenters. The molecule has 1 fully saturated rings. The average Bonchev–Trinajstić information content (AvgIpc) is 2.41. The van der Waals surface area contributed by atoms with E-state index in [0.717, 1.165) is 18.7 Å². The first-order valence-corrected chi connectivity index (χ1v) is 6.87. The molecule has 0 aliphatic carbocycles. The van der Waals surface area contributed by atoms with Gasteiger partial charge in [0.25, 0.3) is 0 Å². The van der Waals surface area contributed by atoms with Gasteiger partial charge in [0.05, 0.1) is 7.11 Å². The van der Waals surface area contributed by atoms with Gasteiger partial charge in [0.15, 0.2) is 0 Å². The van der Waals surface area contributed by atoms with Gasteiger partial charge in [-0.25, -0.2) is 0 Å². The lowest BCUT2D eigenvalue weighted by molar-refractivity contribution is 0.306. The number of nitrogens with two attached hydrogens (primary N) is 1. The Hall–Kier alpha value is -1.06. The van der Waals surface area contributed by atoms with Crippen molar-refractivity contribution in [1.29, 1.82) is 0 Å². The Kier molecular flexibility index (Phi) is 4.61. The van der Waals surface area contributed by atoms with Crippen LogP contribution in [0.15, 0.2) is 24.3 Å². The summed E-state index contributed by atoms with van der Waals surface area (Å²) in [5.41, 5.74) is 7.62. The molecule has 3 nitrogen and oxygen atoms in total. The Balaban J connectivity index is 1.98. The Morgan fingerprint density at radius 2 is 2.06 bits per heavy atom. The maximum Gasteiger partial charge on any atom is 0.118 e. The van der Waals surface area contributed by atoms with E-state index < -0.39 is 0 Å². The summed E-state index contributed by atoms with van der Waals surface area (Å²) in [5, 5.41) is 3.59. The molecule has 0 amide bonds. The van der Waals surface area contributed by atoms with Gasteiger partial charge in [0.1, 0.15) is 5.75 Å². The van der Waals surface area contributed by atoms with Crippen molar-refractivity contribution >= 4 is 0 Å². The minimum atomic E-state index is 0.269. The predicted molar refractivity (Wildman–Crippen MR) is 75.0 cm³/mol. The fourth-order valence-electron chi connectivity index (χ4n) is 2.78. The Morgan fingerprint density at radius 3 is 2.61 bits per heavy atom. The Bertz CT molecular complexity index is 363. The third-order valence-electron chi connectivity index (χ3n) is 3.89. The van der Waals surface area contributed by atoms with Gasteiger partial charge >= 0.3 is 0 Å². The van der Waals surface area contributed by atoms with Crippen LogP contribution in [0.2, 0.25) is 0 Å². The summed E-state index contributed by atoms with van der Waals surface area (Å²) in [6.45, 7) is 3.24. The topological polar surface area (TPSA) is 47.3 Å². The molecule has 1 aromatic rings. The molecular weight excluding hydrogens is 224 g/mol. The van der Waals surface area contributed by atoms with Crippen LogP contribution in [-0.4, -0.2) is 25.7 Å². The fraction of sp³-hybridized carbons (Fsp3) is 0.600. The zero-order valence-electron chi connectivity index (χ0n) is 11.4. The molecular formula is C15H24N2O. The van der Waals surface area contributed by atoms with Gasteiger partial charge in [-0.2, -0.15) is 0 Å². The minimum absolute atomic E-state index is 0.269. The molecule has 18 heavy (non-hydrogen) atoms. The number of rotatable bonds is 4. The van der Waals surface area contributed by atoms with Crippen LogP contribution in [0.4, 0.5) is 0 Å². The number of methoxy groups -OCH3 is 1. The summed E-state index contributed by atoms with van der Waals surface area (Å²) < 4.78 is 5.19. The highest BCUT2D eigenvalue weighted by Gasteiger charge is 2.27. The van der Waals surface area contributed by atoms with Crippen LogP contribution in [0.25, 0.3) is 0 Å². The highest BCUT2D eigenvalue weighted by Crippen LogP contribution is 2.27. The highest BCUT2D eigenvalue weighted by molar-refractivity contribution is 5.30. The Morgan fingerprint density at radius 1 is 1.33 bits per heavy atom. The van der Waals surface area contributed by atoms with E-state index in [1.54, 1.807) is 7.11 Å². The van der Waals surface area contributed by atoms with E-state index in [0.29, 0.717) is 12.0 Å². The Labute approximate surface area is 110 Å². The normalized spacial score (nSPS) is 28.1. The van der Waals surface area contributed by atoms with Gasteiger partial charge in [0.2, 0.25) is 0 Å². The lowest BCUT2D eigenvalue weighted by Crippen LogP contribution is -2.51. The molecule has 2 rings (SSSR count). The second kappa shape index (κ2) is 6.21.